The Morgan fingerprint density at radius 1 is 1.00 bits per heavy atom. The molecule has 4 aromatic rings. The summed E-state index contributed by atoms with van der Waals surface area (Å²) < 4.78 is 0.889. The summed E-state index contributed by atoms with van der Waals surface area (Å²) in [7, 11) is 0. The van der Waals surface area contributed by atoms with E-state index in [0.29, 0.717) is 11.4 Å². The van der Waals surface area contributed by atoms with Crippen molar-refractivity contribution in [1.82, 2.24) is 29.5 Å². The molecule has 0 amide bonds. The molecule has 8 nitrogen and oxygen atoms in total. The second-order valence-corrected chi connectivity index (χ2v) is 5.94. The molecule has 0 atom stereocenters. The monoisotopic (exact) mass is 386 g/mol. The SMILES string of the molecule is O=c1[nH]c2nc(Cl)cnc2c(=O)n1-c1cccc(-c2ncccn2)c1Cl. The maximum absolute atomic E-state index is 12.8. The first kappa shape index (κ1) is 16.4. The fourth-order valence-electron chi connectivity index (χ4n) is 2.49. The summed E-state index contributed by atoms with van der Waals surface area (Å²) in [6.07, 6.45) is 4.36. The van der Waals surface area contributed by atoms with Crippen molar-refractivity contribution < 1.29 is 0 Å². The zero-order chi connectivity index (χ0) is 18.3. The van der Waals surface area contributed by atoms with Gasteiger partial charge in [0.1, 0.15) is 5.15 Å². The highest BCUT2D eigenvalue weighted by atomic mass is 35.5. The maximum atomic E-state index is 12.8. The van der Waals surface area contributed by atoms with Gasteiger partial charge in [-0.3, -0.25) is 9.78 Å². The van der Waals surface area contributed by atoms with Gasteiger partial charge in [-0.05, 0) is 18.2 Å². The summed E-state index contributed by atoms with van der Waals surface area (Å²) in [5, 5.41) is 0.221. The first-order valence-electron chi connectivity index (χ1n) is 7.30. The lowest BCUT2D eigenvalue weighted by Gasteiger charge is -2.10. The number of nitrogens with one attached hydrogen (secondary N) is 1. The predicted octanol–water partition coefficient (Wildman–Crippen LogP) is 2.23. The molecule has 0 aliphatic rings. The molecule has 0 radical (unpaired) electrons. The smallest absolute Gasteiger partial charge is 0.289 e. The number of aromatic nitrogens is 6. The highest BCUT2D eigenvalue weighted by molar-refractivity contribution is 6.35. The van der Waals surface area contributed by atoms with Gasteiger partial charge in [-0.15, -0.1) is 0 Å². The minimum absolute atomic E-state index is 0.00224. The number of benzene rings is 1. The van der Waals surface area contributed by atoms with E-state index in [1.807, 2.05) is 0 Å². The summed E-state index contributed by atoms with van der Waals surface area (Å²) >= 11 is 12.2. The van der Waals surface area contributed by atoms with Gasteiger partial charge < -0.3 is 0 Å². The second kappa shape index (κ2) is 6.32. The molecule has 1 N–H and O–H groups in total. The fraction of sp³-hybridized carbons (Fsp3) is 0. The van der Waals surface area contributed by atoms with Crippen molar-refractivity contribution >= 4 is 34.4 Å². The van der Waals surface area contributed by atoms with Crippen molar-refractivity contribution in [3.05, 3.63) is 73.9 Å². The molecule has 0 aliphatic carbocycles. The van der Waals surface area contributed by atoms with E-state index in [2.05, 4.69) is 24.9 Å². The van der Waals surface area contributed by atoms with Crippen LogP contribution in [0.2, 0.25) is 10.2 Å². The van der Waals surface area contributed by atoms with Gasteiger partial charge in [-0.25, -0.2) is 29.3 Å². The third-order valence-electron chi connectivity index (χ3n) is 3.60. The number of rotatable bonds is 2. The number of fused-ring (bicyclic) bond motifs is 1. The van der Waals surface area contributed by atoms with E-state index < -0.39 is 11.2 Å². The predicted molar refractivity (Wildman–Crippen MR) is 96.8 cm³/mol. The first-order valence-corrected chi connectivity index (χ1v) is 8.05. The van der Waals surface area contributed by atoms with Gasteiger partial charge in [0.05, 0.1) is 16.9 Å². The van der Waals surface area contributed by atoms with Gasteiger partial charge in [-0.1, -0.05) is 29.3 Å². The topological polar surface area (TPSA) is 106 Å². The van der Waals surface area contributed by atoms with Gasteiger partial charge in [0, 0.05) is 18.0 Å². The van der Waals surface area contributed by atoms with Crippen LogP contribution < -0.4 is 11.2 Å². The van der Waals surface area contributed by atoms with Crippen LogP contribution in [0.3, 0.4) is 0 Å². The molecule has 0 spiro atoms. The molecule has 0 fully saturated rings. The molecule has 1 aromatic carbocycles. The normalized spacial score (nSPS) is 11.0. The molecule has 3 aromatic heterocycles. The zero-order valence-corrected chi connectivity index (χ0v) is 14.4. The molecule has 0 unspecified atom stereocenters. The molecule has 0 saturated carbocycles. The molecule has 10 heteroatoms. The van der Waals surface area contributed by atoms with E-state index in [1.165, 1.54) is 6.20 Å². The average molecular weight is 387 g/mol. The van der Waals surface area contributed by atoms with Crippen molar-refractivity contribution in [3.63, 3.8) is 0 Å². The van der Waals surface area contributed by atoms with Crippen LogP contribution >= 0.6 is 23.2 Å². The quantitative estimate of drug-likeness (QED) is 0.565. The molecule has 0 aliphatic heterocycles. The van der Waals surface area contributed by atoms with Crippen LogP contribution in [0.4, 0.5) is 0 Å². The van der Waals surface area contributed by atoms with Crippen LogP contribution in [0, 0.1) is 0 Å². The van der Waals surface area contributed by atoms with E-state index in [4.69, 9.17) is 23.2 Å². The maximum Gasteiger partial charge on any atom is 0.334 e. The zero-order valence-electron chi connectivity index (χ0n) is 12.8. The van der Waals surface area contributed by atoms with Crippen molar-refractivity contribution in [3.8, 4) is 17.1 Å². The lowest BCUT2D eigenvalue weighted by molar-refractivity contribution is 0.888. The summed E-state index contributed by atoms with van der Waals surface area (Å²) in [5.41, 5.74) is -0.748. The molecule has 4 rings (SSSR count). The third kappa shape index (κ3) is 2.65. The largest absolute Gasteiger partial charge is 0.334 e. The van der Waals surface area contributed by atoms with Crippen LogP contribution in [0.25, 0.3) is 28.2 Å². The number of aromatic amines is 1. The number of H-pyrrole nitrogens is 1. The van der Waals surface area contributed by atoms with Gasteiger partial charge >= 0.3 is 5.69 Å². The molecular weight excluding hydrogens is 379 g/mol. The van der Waals surface area contributed by atoms with Crippen LogP contribution in [-0.2, 0) is 0 Å². The average Bonchev–Trinajstić information content (AvgIpc) is 2.63. The lowest BCUT2D eigenvalue weighted by Crippen LogP contribution is -2.34. The van der Waals surface area contributed by atoms with Gasteiger partial charge in [-0.2, -0.15) is 0 Å². The van der Waals surface area contributed by atoms with Crippen LogP contribution in [0.5, 0.6) is 0 Å². The van der Waals surface area contributed by atoms with Crippen molar-refractivity contribution in [2.24, 2.45) is 0 Å². The Labute approximate surface area is 155 Å². The summed E-state index contributed by atoms with van der Waals surface area (Å²) in [6.45, 7) is 0. The fourth-order valence-corrected chi connectivity index (χ4v) is 2.92. The van der Waals surface area contributed by atoms with Gasteiger partial charge in [0.2, 0.25) is 0 Å². The second-order valence-electron chi connectivity index (χ2n) is 5.17. The highest BCUT2D eigenvalue weighted by Crippen LogP contribution is 2.29. The molecule has 128 valence electrons. The Bertz CT molecular complexity index is 1250. The standard InChI is InChI=1S/C16H8Cl2N6O2/c17-10-7-21-12-14(22-10)23-16(26)24(15(12)25)9-4-1-3-8(11(9)18)13-19-5-2-6-20-13/h1-7H,(H,22,23,26). The van der Waals surface area contributed by atoms with Gasteiger partial charge in [0.25, 0.3) is 5.56 Å². The summed E-state index contributed by atoms with van der Waals surface area (Å²) in [4.78, 5) is 43.9. The minimum atomic E-state index is -0.716. The van der Waals surface area contributed by atoms with E-state index in [-0.39, 0.29) is 27.0 Å². The third-order valence-corrected chi connectivity index (χ3v) is 4.18. The van der Waals surface area contributed by atoms with Crippen LogP contribution in [0.15, 0.2) is 52.4 Å². The van der Waals surface area contributed by atoms with Crippen molar-refractivity contribution in [2.45, 2.75) is 0 Å². The van der Waals surface area contributed by atoms with Crippen molar-refractivity contribution in [1.29, 1.82) is 0 Å². The Hall–Kier alpha value is -3.10. The molecule has 26 heavy (non-hydrogen) atoms. The number of nitrogens with zero attached hydrogens (tertiary/aromatic N) is 5. The van der Waals surface area contributed by atoms with E-state index in [0.717, 1.165) is 4.57 Å². The molecule has 3 heterocycles. The van der Waals surface area contributed by atoms with Crippen molar-refractivity contribution in [2.75, 3.05) is 0 Å². The molecular formula is C16H8Cl2N6O2. The Balaban J connectivity index is 2.01. The van der Waals surface area contributed by atoms with E-state index >= 15 is 0 Å². The minimum Gasteiger partial charge on any atom is -0.289 e. The lowest BCUT2D eigenvalue weighted by atomic mass is 10.2. The Morgan fingerprint density at radius 3 is 2.54 bits per heavy atom. The highest BCUT2D eigenvalue weighted by Gasteiger charge is 2.17. The van der Waals surface area contributed by atoms with E-state index in [9.17, 15) is 9.59 Å². The van der Waals surface area contributed by atoms with Gasteiger partial charge in [0.15, 0.2) is 17.0 Å². The number of halogens is 2. The number of hydrogen-bond donors (Lipinski definition) is 1. The van der Waals surface area contributed by atoms with Crippen LogP contribution in [-0.4, -0.2) is 29.5 Å². The Kier molecular flexibility index (Phi) is 3.98. The summed E-state index contributed by atoms with van der Waals surface area (Å²) in [6, 6.07) is 6.56. The molecule has 0 saturated heterocycles. The summed E-state index contributed by atoms with van der Waals surface area (Å²) in [5.74, 6) is 0.371. The Morgan fingerprint density at radius 2 is 1.77 bits per heavy atom. The molecule has 0 bridgehead atoms. The first-order chi connectivity index (χ1) is 12.6. The number of hydrogen-bond acceptors (Lipinski definition) is 6. The van der Waals surface area contributed by atoms with Crippen LogP contribution in [0.1, 0.15) is 0 Å². The van der Waals surface area contributed by atoms with E-state index in [1.54, 1.807) is 36.7 Å².